The standard InChI is InChI=1S/C19H30O7/c1-22-15(21)11-12-5-6-13-16(23-12)18-17(14(24-13)7-10-20)25-19(26-18)8-3-2-4-9-19/h12-14,16-18,20H,2-11H2,1H3. The third-order valence-electron chi connectivity index (χ3n) is 6.21. The zero-order chi connectivity index (χ0) is 18.1. The number of fused-ring (bicyclic) bond motifs is 3. The summed E-state index contributed by atoms with van der Waals surface area (Å²) < 4.78 is 30.2. The van der Waals surface area contributed by atoms with Gasteiger partial charge in [0.25, 0.3) is 0 Å². The van der Waals surface area contributed by atoms with Crippen LogP contribution in [0.4, 0.5) is 0 Å². The molecule has 6 atom stereocenters. The minimum Gasteiger partial charge on any atom is -0.469 e. The van der Waals surface area contributed by atoms with Crippen LogP contribution in [-0.2, 0) is 28.5 Å². The van der Waals surface area contributed by atoms with Crippen LogP contribution in [0.2, 0.25) is 0 Å². The van der Waals surface area contributed by atoms with Gasteiger partial charge in [-0.3, -0.25) is 4.79 Å². The second kappa shape index (κ2) is 7.72. The first kappa shape index (κ1) is 18.6. The second-order valence-electron chi connectivity index (χ2n) is 7.94. The molecular formula is C19H30O7. The topological polar surface area (TPSA) is 83.5 Å². The fraction of sp³-hybridized carbons (Fsp3) is 0.947. The van der Waals surface area contributed by atoms with Crippen molar-refractivity contribution >= 4 is 5.97 Å². The highest BCUT2D eigenvalue weighted by Gasteiger charge is 2.59. The highest BCUT2D eigenvalue weighted by molar-refractivity contribution is 5.69. The zero-order valence-electron chi connectivity index (χ0n) is 15.4. The van der Waals surface area contributed by atoms with Gasteiger partial charge >= 0.3 is 5.97 Å². The molecular weight excluding hydrogens is 340 g/mol. The van der Waals surface area contributed by atoms with Crippen LogP contribution in [-0.4, -0.2) is 67.2 Å². The third-order valence-corrected chi connectivity index (χ3v) is 6.21. The van der Waals surface area contributed by atoms with E-state index < -0.39 is 5.79 Å². The molecule has 148 valence electrons. The van der Waals surface area contributed by atoms with Gasteiger partial charge in [-0.1, -0.05) is 6.42 Å². The van der Waals surface area contributed by atoms with Crippen LogP contribution < -0.4 is 0 Å². The van der Waals surface area contributed by atoms with Gasteiger partial charge in [0.2, 0.25) is 0 Å². The fourth-order valence-electron chi connectivity index (χ4n) is 4.93. The zero-order valence-corrected chi connectivity index (χ0v) is 15.4. The van der Waals surface area contributed by atoms with Gasteiger partial charge in [0.15, 0.2) is 5.79 Å². The Morgan fingerprint density at radius 1 is 1.08 bits per heavy atom. The minimum atomic E-state index is -0.530. The number of esters is 1. The molecule has 3 saturated heterocycles. The normalized spacial score (nSPS) is 41.5. The molecule has 1 spiro atoms. The summed E-state index contributed by atoms with van der Waals surface area (Å²) >= 11 is 0. The minimum absolute atomic E-state index is 0.0630. The van der Waals surface area contributed by atoms with Crippen LogP contribution in [0.1, 0.15) is 57.8 Å². The van der Waals surface area contributed by atoms with Crippen LogP contribution in [0.5, 0.6) is 0 Å². The van der Waals surface area contributed by atoms with E-state index in [1.54, 1.807) is 0 Å². The van der Waals surface area contributed by atoms with Crippen LogP contribution in [0.15, 0.2) is 0 Å². The maximum atomic E-state index is 11.6. The molecule has 7 heteroatoms. The Labute approximate surface area is 154 Å². The fourth-order valence-corrected chi connectivity index (χ4v) is 4.93. The van der Waals surface area contributed by atoms with Crippen molar-refractivity contribution < 1.29 is 33.6 Å². The Hall–Kier alpha value is -0.730. The first-order valence-electron chi connectivity index (χ1n) is 9.98. The van der Waals surface area contributed by atoms with Crippen LogP contribution in [0.3, 0.4) is 0 Å². The Morgan fingerprint density at radius 3 is 2.58 bits per heavy atom. The van der Waals surface area contributed by atoms with Crippen LogP contribution >= 0.6 is 0 Å². The summed E-state index contributed by atoms with van der Waals surface area (Å²) in [6.07, 6.45) is 6.48. The Kier molecular flexibility index (Phi) is 5.53. The predicted octanol–water partition coefficient (Wildman–Crippen LogP) is 1.69. The summed E-state index contributed by atoms with van der Waals surface area (Å²) in [5.74, 6) is -0.787. The number of rotatable bonds is 4. The SMILES string of the molecule is COC(=O)CC1CCC2OC(CCO)C3OC4(CCCCC4)OC3C2O1. The number of hydrogen-bond donors (Lipinski definition) is 1. The van der Waals surface area contributed by atoms with E-state index in [4.69, 9.17) is 23.7 Å². The number of aliphatic hydroxyl groups excluding tert-OH is 1. The lowest BCUT2D eigenvalue weighted by molar-refractivity contribution is -0.242. The monoisotopic (exact) mass is 370 g/mol. The van der Waals surface area contributed by atoms with E-state index in [2.05, 4.69) is 0 Å². The second-order valence-corrected chi connectivity index (χ2v) is 7.94. The summed E-state index contributed by atoms with van der Waals surface area (Å²) in [7, 11) is 1.40. The van der Waals surface area contributed by atoms with Gasteiger partial charge in [-0.15, -0.1) is 0 Å². The quantitative estimate of drug-likeness (QED) is 0.754. The molecule has 6 unspecified atom stereocenters. The molecule has 1 aliphatic carbocycles. The first-order valence-corrected chi connectivity index (χ1v) is 9.98. The van der Waals surface area contributed by atoms with Crippen molar-refractivity contribution in [3.8, 4) is 0 Å². The number of methoxy groups -OCH3 is 1. The Balaban J connectivity index is 1.51. The summed E-state index contributed by atoms with van der Waals surface area (Å²) in [6.45, 7) is 0.0630. The molecule has 7 nitrogen and oxygen atoms in total. The van der Waals surface area contributed by atoms with Crippen molar-refractivity contribution in [2.24, 2.45) is 0 Å². The van der Waals surface area contributed by atoms with E-state index in [1.165, 1.54) is 13.5 Å². The molecule has 3 heterocycles. The Bertz CT molecular complexity index is 504. The molecule has 0 aromatic rings. The van der Waals surface area contributed by atoms with Gasteiger partial charge in [-0.2, -0.15) is 0 Å². The van der Waals surface area contributed by atoms with Gasteiger partial charge in [-0.05, 0) is 32.1 Å². The van der Waals surface area contributed by atoms with E-state index in [9.17, 15) is 9.90 Å². The van der Waals surface area contributed by atoms with E-state index >= 15 is 0 Å². The van der Waals surface area contributed by atoms with E-state index in [0.29, 0.717) is 6.42 Å². The lowest BCUT2D eigenvalue weighted by atomic mass is 9.88. The summed E-state index contributed by atoms with van der Waals surface area (Å²) in [5.41, 5.74) is 0. The van der Waals surface area contributed by atoms with E-state index in [1.807, 2.05) is 0 Å². The van der Waals surface area contributed by atoms with E-state index in [0.717, 1.165) is 38.5 Å². The largest absolute Gasteiger partial charge is 0.469 e. The third kappa shape index (κ3) is 3.52. The summed E-state index contributed by atoms with van der Waals surface area (Å²) in [5, 5.41) is 9.45. The molecule has 1 N–H and O–H groups in total. The average Bonchev–Trinajstić information content (AvgIpc) is 3.02. The smallest absolute Gasteiger partial charge is 0.308 e. The maximum Gasteiger partial charge on any atom is 0.308 e. The molecule has 4 fully saturated rings. The predicted molar refractivity (Wildman–Crippen MR) is 90.5 cm³/mol. The highest BCUT2D eigenvalue weighted by Crippen LogP contribution is 2.47. The molecule has 3 aliphatic heterocycles. The molecule has 0 aromatic carbocycles. The molecule has 0 bridgehead atoms. The molecule has 0 aromatic heterocycles. The van der Waals surface area contributed by atoms with Crippen molar-refractivity contribution in [1.29, 1.82) is 0 Å². The molecule has 0 radical (unpaired) electrons. The van der Waals surface area contributed by atoms with Crippen LogP contribution in [0, 0.1) is 0 Å². The van der Waals surface area contributed by atoms with Crippen molar-refractivity contribution in [2.45, 2.75) is 100 Å². The van der Waals surface area contributed by atoms with Gasteiger partial charge in [0.1, 0.15) is 18.3 Å². The number of carbonyl (C=O) groups is 1. The summed E-state index contributed by atoms with van der Waals surface area (Å²) in [6, 6.07) is 0. The number of hydrogen-bond acceptors (Lipinski definition) is 7. The van der Waals surface area contributed by atoms with Crippen molar-refractivity contribution in [3.63, 3.8) is 0 Å². The maximum absolute atomic E-state index is 11.6. The van der Waals surface area contributed by atoms with Crippen molar-refractivity contribution in [3.05, 3.63) is 0 Å². The molecule has 26 heavy (non-hydrogen) atoms. The number of carbonyl (C=O) groups excluding carboxylic acids is 1. The Morgan fingerprint density at radius 2 is 1.85 bits per heavy atom. The van der Waals surface area contributed by atoms with Crippen molar-refractivity contribution in [2.75, 3.05) is 13.7 Å². The van der Waals surface area contributed by atoms with Gasteiger partial charge in [-0.25, -0.2) is 0 Å². The van der Waals surface area contributed by atoms with Gasteiger partial charge in [0, 0.05) is 19.4 Å². The van der Waals surface area contributed by atoms with E-state index in [-0.39, 0.29) is 55.6 Å². The molecule has 1 saturated carbocycles. The molecule has 4 aliphatic rings. The summed E-state index contributed by atoms with van der Waals surface area (Å²) in [4.78, 5) is 11.6. The number of aliphatic hydroxyl groups is 1. The highest BCUT2D eigenvalue weighted by atomic mass is 16.8. The van der Waals surface area contributed by atoms with Gasteiger partial charge in [0.05, 0.1) is 31.8 Å². The lowest BCUT2D eigenvalue weighted by Gasteiger charge is -2.46. The first-order chi connectivity index (χ1) is 12.6. The van der Waals surface area contributed by atoms with Crippen LogP contribution in [0.25, 0.3) is 0 Å². The molecule has 4 rings (SSSR count). The lowest BCUT2D eigenvalue weighted by Crippen LogP contribution is -2.60. The van der Waals surface area contributed by atoms with Crippen molar-refractivity contribution in [1.82, 2.24) is 0 Å². The number of ether oxygens (including phenoxy) is 5. The van der Waals surface area contributed by atoms with Gasteiger partial charge < -0.3 is 28.8 Å². The average molecular weight is 370 g/mol. The molecule has 0 amide bonds.